The number of hydrogen-bond donors (Lipinski definition) is 2. The Morgan fingerprint density at radius 1 is 1.21 bits per heavy atom. The van der Waals surface area contributed by atoms with Crippen LogP contribution in [-0.2, 0) is 11.3 Å². The van der Waals surface area contributed by atoms with Crippen LogP contribution in [-0.4, -0.2) is 17.7 Å². The molecule has 0 saturated heterocycles. The lowest BCUT2D eigenvalue weighted by molar-refractivity contribution is 0.0525. The molecule has 0 atom stereocenters. The van der Waals surface area contributed by atoms with Gasteiger partial charge in [-0.2, -0.15) is 0 Å². The van der Waals surface area contributed by atoms with Crippen molar-refractivity contribution in [1.29, 1.82) is 0 Å². The second-order valence-corrected chi connectivity index (χ2v) is 5.91. The predicted molar refractivity (Wildman–Crippen MR) is 102 cm³/mol. The van der Waals surface area contributed by atoms with Crippen molar-refractivity contribution >= 4 is 40.6 Å². The number of halogens is 1. The maximum atomic E-state index is 11.9. The summed E-state index contributed by atoms with van der Waals surface area (Å²) in [4.78, 5) is 11.9. The molecule has 0 radical (unpaired) electrons. The van der Waals surface area contributed by atoms with Gasteiger partial charge in [0.2, 0.25) is 0 Å². The smallest absolute Gasteiger partial charge is 0.338 e. The number of rotatable bonds is 5. The molecule has 0 aliphatic heterocycles. The zero-order valence-electron chi connectivity index (χ0n) is 13.6. The fraction of sp³-hybridized carbons (Fsp3) is 0.222. The standard InChI is InChI=1S/C18H19ClN2O2S/c1-3-23-17(22)14-8-6-10-16(12(14)2)21-18(24)20-11-13-7-4-5-9-15(13)19/h4-10H,3,11H2,1-2H3,(H2,20,21,24). The Bertz CT molecular complexity index is 750. The predicted octanol–water partition coefficient (Wildman–Crippen LogP) is 4.31. The van der Waals surface area contributed by atoms with Crippen LogP contribution in [0.1, 0.15) is 28.4 Å². The van der Waals surface area contributed by atoms with Crippen LogP contribution in [0.2, 0.25) is 5.02 Å². The molecule has 0 fully saturated rings. The molecule has 24 heavy (non-hydrogen) atoms. The summed E-state index contributed by atoms with van der Waals surface area (Å²) in [6, 6.07) is 13.0. The van der Waals surface area contributed by atoms with Crippen molar-refractivity contribution in [3.05, 3.63) is 64.2 Å². The van der Waals surface area contributed by atoms with Gasteiger partial charge in [0, 0.05) is 17.3 Å². The number of carbonyl (C=O) groups excluding carboxylic acids is 1. The number of nitrogens with one attached hydrogen (secondary N) is 2. The molecule has 0 aliphatic rings. The van der Waals surface area contributed by atoms with Gasteiger partial charge in [0.1, 0.15) is 0 Å². The fourth-order valence-electron chi connectivity index (χ4n) is 2.18. The molecule has 0 spiro atoms. The van der Waals surface area contributed by atoms with Gasteiger partial charge >= 0.3 is 5.97 Å². The van der Waals surface area contributed by atoms with E-state index in [2.05, 4.69) is 10.6 Å². The highest BCUT2D eigenvalue weighted by Gasteiger charge is 2.13. The molecule has 2 rings (SSSR count). The van der Waals surface area contributed by atoms with Crippen LogP contribution < -0.4 is 10.6 Å². The first-order valence-electron chi connectivity index (χ1n) is 7.58. The second kappa shape index (κ2) is 8.66. The number of thiocarbonyl (C=S) groups is 1. The second-order valence-electron chi connectivity index (χ2n) is 5.10. The highest BCUT2D eigenvalue weighted by molar-refractivity contribution is 7.80. The van der Waals surface area contributed by atoms with Crippen molar-refractivity contribution in [3.63, 3.8) is 0 Å². The first-order chi connectivity index (χ1) is 11.5. The lowest BCUT2D eigenvalue weighted by atomic mass is 10.1. The third kappa shape index (κ3) is 4.69. The van der Waals surface area contributed by atoms with Gasteiger partial charge in [-0.05, 0) is 55.4 Å². The zero-order valence-corrected chi connectivity index (χ0v) is 15.1. The third-order valence-electron chi connectivity index (χ3n) is 3.47. The van der Waals surface area contributed by atoms with E-state index in [9.17, 15) is 4.79 Å². The number of ether oxygens (including phenoxy) is 1. The Labute approximate surface area is 152 Å². The summed E-state index contributed by atoms with van der Waals surface area (Å²) in [5.74, 6) is -0.339. The number of esters is 1. The molecule has 0 aliphatic carbocycles. The SMILES string of the molecule is CCOC(=O)c1cccc(NC(=S)NCc2ccccc2Cl)c1C. The van der Waals surface area contributed by atoms with Crippen molar-refractivity contribution in [2.45, 2.75) is 20.4 Å². The molecule has 0 bridgehead atoms. The van der Waals surface area contributed by atoms with E-state index < -0.39 is 0 Å². The van der Waals surface area contributed by atoms with Crippen LogP contribution in [0.3, 0.4) is 0 Å². The number of carbonyl (C=O) groups is 1. The molecule has 126 valence electrons. The summed E-state index contributed by atoms with van der Waals surface area (Å²) in [6.45, 7) is 4.49. The highest BCUT2D eigenvalue weighted by atomic mass is 35.5. The Kier molecular flexibility index (Phi) is 6.58. The van der Waals surface area contributed by atoms with E-state index in [0.29, 0.717) is 28.9 Å². The van der Waals surface area contributed by atoms with Crippen molar-refractivity contribution < 1.29 is 9.53 Å². The minimum absolute atomic E-state index is 0.339. The molecule has 2 aromatic carbocycles. The lowest BCUT2D eigenvalue weighted by Gasteiger charge is -2.15. The molecule has 4 nitrogen and oxygen atoms in total. The van der Waals surface area contributed by atoms with Crippen molar-refractivity contribution in [1.82, 2.24) is 5.32 Å². The molecule has 2 aromatic rings. The highest BCUT2D eigenvalue weighted by Crippen LogP contribution is 2.20. The first kappa shape index (κ1) is 18.2. The Morgan fingerprint density at radius 2 is 1.96 bits per heavy atom. The van der Waals surface area contributed by atoms with Crippen molar-refractivity contribution in [2.24, 2.45) is 0 Å². The van der Waals surface area contributed by atoms with Crippen LogP contribution >= 0.6 is 23.8 Å². The van der Waals surface area contributed by atoms with Gasteiger partial charge < -0.3 is 15.4 Å². The monoisotopic (exact) mass is 362 g/mol. The topological polar surface area (TPSA) is 50.4 Å². The summed E-state index contributed by atoms with van der Waals surface area (Å²) in [5.41, 5.74) is 3.03. The lowest BCUT2D eigenvalue weighted by Crippen LogP contribution is -2.28. The van der Waals surface area contributed by atoms with Crippen molar-refractivity contribution in [2.75, 3.05) is 11.9 Å². The van der Waals surface area contributed by atoms with Crippen LogP contribution in [0.15, 0.2) is 42.5 Å². The Morgan fingerprint density at radius 3 is 2.67 bits per heavy atom. The van der Waals surface area contributed by atoms with E-state index >= 15 is 0 Å². The maximum Gasteiger partial charge on any atom is 0.338 e. The Balaban J connectivity index is 2.03. The van der Waals surface area contributed by atoms with Crippen LogP contribution in [0, 0.1) is 6.92 Å². The summed E-state index contributed by atoms with van der Waals surface area (Å²) >= 11 is 11.4. The number of hydrogen-bond acceptors (Lipinski definition) is 3. The van der Waals surface area contributed by atoms with E-state index in [1.807, 2.05) is 37.3 Å². The first-order valence-corrected chi connectivity index (χ1v) is 8.36. The van der Waals surface area contributed by atoms with Crippen molar-refractivity contribution in [3.8, 4) is 0 Å². The van der Waals surface area contributed by atoms with Gasteiger partial charge in [-0.15, -0.1) is 0 Å². The minimum atomic E-state index is -0.339. The van der Waals surface area contributed by atoms with Crippen LogP contribution in [0.25, 0.3) is 0 Å². The van der Waals surface area contributed by atoms with Gasteiger partial charge in [0.05, 0.1) is 12.2 Å². The van der Waals surface area contributed by atoms with Crippen LogP contribution in [0.4, 0.5) is 5.69 Å². The molecule has 6 heteroatoms. The van der Waals surface area contributed by atoms with Crippen LogP contribution in [0.5, 0.6) is 0 Å². The molecule has 0 heterocycles. The summed E-state index contributed by atoms with van der Waals surface area (Å²) in [5, 5.41) is 7.36. The van der Waals surface area contributed by atoms with E-state index in [4.69, 9.17) is 28.6 Å². The van der Waals surface area contributed by atoms with E-state index in [1.165, 1.54) is 0 Å². The van der Waals surface area contributed by atoms with E-state index in [-0.39, 0.29) is 5.97 Å². The molecule has 0 unspecified atom stereocenters. The van der Waals surface area contributed by atoms with Gasteiger partial charge in [-0.1, -0.05) is 35.9 Å². The molecular weight excluding hydrogens is 344 g/mol. The summed E-state index contributed by atoms with van der Waals surface area (Å²) < 4.78 is 5.06. The molecule has 0 saturated carbocycles. The zero-order chi connectivity index (χ0) is 17.5. The Hall–Kier alpha value is -2.11. The summed E-state index contributed by atoms with van der Waals surface area (Å²) in [6.07, 6.45) is 0. The third-order valence-corrected chi connectivity index (χ3v) is 4.09. The minimum Gasteiger partial charge on any atom is -0.462 e. The van der Waals surface area contributed by atoms with E-state index in [1.54, 1.807) is 19.1 Å². The summed E-state index contributed by atoms with van der Waals surface area (Å²) in [7, 11) is 0. The fourth-order valence-corrected chi connectivity index (χ4v) is 2.57. The molecule has 2 N–H and O–H groups in total. The van der Waals surface area contributed by atoms with Gasteiger partial charge in [0.15, 0.2) is 5.11 Å². The average Bonchev–Trinajstić information content (AvgIpc) is 2.56. The molecular formula is C18H19ClN2O2S. The average molecular weight is 363 g/mol. The van der Waals surface area contributed by atoms with Gasteiger partial charge in [0.25, 0.3) is 0 Å². The number of anilines is 1. The molecule has 0 aromatic heterocycles. The quantitative estimate of drug-likeness (QED) is 0.613. The largest absolute Gasteiger partial charge is 0.462 e. The van der Waals surface area contributed by atoms with Gasteiger partial charge in [-0.3, -0.25) is 0 Å². The maximum absolute atomic E-state index is 11.9. The number of benzene rings is 2. The molecule has 0 amide bonds. The van der Waals surface area contributed by atoms with Gasteiger partial charge in [-0.25, -0.2) is 4.79 Å². The normalized spacial score (nSPS) is 10.1. The van der Waals surface area contributed by atoms with E-state index in [0.717, 1.165) is 16.8 Å².